The third kappa shape index (κ3) is 4.51. The molecule has 33 heavy (non-hydrogen) atoms. The maximum Gasteiger partial charge on any atom is 0.337 e. The van der Waals surface area contributed by atoms with Gasteiger partial charge in [-0.2, -0.15) is 0 Å². The second-order valence-electron chi connectivity index (χ2n) is 6.76. The standard InChI is InChI=1S/C22H11Cl3N2O5S/c23-15-5-2-11(8-17(15)25)27-20(29)14(19(28)26-22(27)33)9-12-3-6-18(32-12)10-1-4-13(21(30)31)16(24)7-10/h1-9H,(H,30,31)(H,26,28,33)/b14-9+. The van der Waals surface area contributed by atoms with Gasteiger partial charge in [-0.1, -0.05) is 40.9 Å². The second-order valence-corrected chi connectivity index (χ2v) is 8.37. The van der Waals surface area contributed by atoms with Gasteiger partial charge in [-0.3, -0.25) is 19.8 Å². The number of hydrogen-bond acceptors (Lipinski definition) is 5. The molecule has 2 aromatic carbocycles. The van der Waals surface area contributed by atoms with Crippen molar-refractivity contribution in [1.82, 2.24) is 5.32 Å². The Balaban J connectivity index is 1.66. The van der Waals surface area contributed by atoms with Crippen molar-refractivity contribution in [2.45, 2.75) is 0 Å². The fourth-order valence-corrected chi connectivity index (χ4v) is 3.92. The third-order valence-corrected chi connectivity index (χ3v) is 6.00. The van der Waals surface area contributed by atoms with Crippen LogP contribution in [0.5, 0.6) is 0 Å². The number of carboxylic acids is 1. The summed E-state index contributed by atoms with van der Waals surface area (Å²) < 4.78 is 5.72. The molecule has 0 atom stereocenters. The molecule has 0 bridgehead atoms. The van der Waals surface area contributed by atoms with E-state index in [1.807, 2.05) is 0 Å². The van der Waals surface area contributed by atoms with Gasteiger partial charge in [0.15, 0.2) is 5.11 Å². The first-order chi connectivity index (χ1) is 15.7. The van der Waals surface area contributed by atoms with Crippen LogP contribution in [0.4, 0.5) is 5.69 Å². The minimum absolute atomic E-state index is 0.0443. The number of furan rings is 1. The van der Waals surface area contributed by atoms with E-state index in [4.69, 9.17) is 56.5 Å². The minimum atomic E-state index is -1.15. The smallest absolute Gasteiger partial charge is 0.337 e. The molecule has 1 fully saturated rings. The molecule has 4 rings (SSSR count). The predicted molar refractivity (Wildman–Crippen MR) is 129 cm³/mol. The molecule has 2 amide bonds. The Morgan fingerprint density at radius 2 is 1.76 bits per heavy atom. The number of carbonyl (C=O) groups is 3. The van der Waals surface area contributed by atoms with Crippen LogP contribution in [-0.4, -0.2) is 28.0 Å². The Morgan fingerprint density at radius 1 is 1.00 bits per heavy atom. The highest BCUT2D eigenvalue weighted by Gasteiger charge is 2.35. The quantitative estimate of drug-likeness (QED) is 0.270. The van der Waals surface area contributed by atoms with Gasteiger partial charge in [0, 0.05) is 5.56 Å². The van der Waals surface area contributed by atoms with Crippen LogP contribution in [0.2, 0.25) is 15.1 Å². The van der Waals surface area contributed by atoms with Gasteiger partial charge in [0.1, 0.15) is 17.1 Å². The monoisotopic (exact) mass is 520 g/mol. The average Bonchev–Trinajstić information content (AvgIpc) is 3.22. The maximum absolute atomic E-state index is 13.1. The van der Waals surface area contributed by atoms with Crippen molar-refractivity contribution in [3.63, 3.8) is 0 Å². The zero-order chi connectivity index (χ0) is 23.9. The Labute approximate surface area is 207 Å². The molecule has 1 aliphatic heterocycles. The third-order valence-electron chi connectivity index (χ3n) is 4.66. The average molecular weight is 522 g/mol. The van der Waals surface area contributed by atoms with E-state index < -0.39 is 17.8 Å². The van der Waals surface area contributed by atoms with E-state index in [-0.39, 0.29) is 32.1 Å². The summed E-state index contributed by atoms with van der Waals surface area (Å²) in [6.45, 7) is 0. The van der Waals surface area contributed by atoms with E-state index >= 15 is 0 Å². The van der Waals surface area contributed by atoms with Crippen LogP contribution < -0.4 is 10.2 Å². The fourth-order valence-electron chi connectivity index (χ4n) is 3.09. The van der Waals surface area contributed by atoms with Crippen molar-refractivity contribution < 1.29 is 23.9 Å². The number of anilines is 1. The van der Waals surface area contributed by atoms with Gasteiger partial charge in [-0.25, -0.2) is 4.79 Å². The van der Waals surface area contributed by atoms with Gasteiger partial charge in [0.2, 0.25) is 0 Å². The lowest BCUT2D eigenvalue weighted by Crippen LogP contribution is -2.54. The van der Waals surface area contributed by atoms with E-state index in [2.05, 4.69) is 5.32 Å². The highest BCUT2D eigenvalue weighted by atomic mass is 35.5. The molecule has 0 saturated carbocycles. The zero-order valence-corrected chi connectivity index (χ0v) is 19.3. The first-order valence-electron chi connectivity index (χ1n) is 9.15. The Kier molecular flexibility index (Phi) is 6.27. The summed E-state index contributed by atoms with van der Waals surface area (Å²) in [5.41, 5.74) is 0.596. The number of carbonyl (C=O) groups excluding carboxylic acids is 2. The van der Waals surface area contributed by atoms with Crippen molar-refractivity contribution in [2.24, 2.45) is 0 Å². The first kappa shape index (κ1) is 23.0. The molecule has 1 aromatic heterocycles. The van der Waals surface area contributed by atoms with Gasteiger partial charge in [0.05, 0.1) is 26.3 Å². The molecule has 0 spiro atoms. The predicted octanol–water partition coefficient (Wildman–Crippen LogP) is 5.44. The number of nitrogens with one attached hydrogen (secondary N) is 1. The van der Waals surface area contributed by atoms with Crippen LogP contribution in [0.15, 0.2) is 58.5 Å². The van der Waals surface area contributed by atoms with Gasteiger partial charge >= 0.3 is 5.97 Å². The summed E-state index contributed by atoms with van der Waals surface area (Å²) in [7, 11) is 0. The van der Waals surface area contributed by atoms with E-state index in [9.17, 15) is 14.4 Å². The SMILES string of the molecule is O=C1NC(=S)N(c2ccc(Cl)c(Cl)c2)C(=O)/C1=C/c1ccc(-c2ccc(C(=O)O)c(Cl)c2)o1. The maximum atomic E-state index is 13.1. The molecular weight excluding hydrogens is 511 g/mol. The lowest BCUT2D eigenvalue weighted by atomic mass is 10.1. The van der Waals surface area contributed by atoms with Crippen LogP contribution >= 0.6 is 47.0 Å². The topological polar surface area (TPSA) is 99.9 Å². The highest BCUT2D eigenvalue weighted by molar-refractivity contribution is 7.80. The molecule has 0 unspecified atom stereocenters. The summed E-state index contributed by atoms with van der Waals surface area (Å²) in [4.78, 5) is 37.8. The lowest BCUT2D eigenvalue weighted by molar-refractivity contribution is -0.122. The molecular formula is C22H11Cl3N2O5S. The minimum Gasteiger partial charge on any atom is -0.478 e. The van der Waals surface area contributed by atoms with E-state index in [0.29, 0.717) is 22.0 Å². The van der Waals surface area contributed by atoms with Crippen LogP contribution in [0, 0.1) is 0 Å². The Morgan fingerprint density at radius 3 is 2.42 bits per heavy atom. The van der Waals surface area contributed by atoms with Crippen molar-refractivity contribution in [3.8, 4) is 11.3 Å². The first-order valence-corrected chi connectivity index (χ1v) is 10.7. The number of halogens is 3. The summed E-state index contributed by atoms with van der Waals surface area (Å²) in [6.07, 6.45) is 1.28. The van der Waals surface area contributed by atoms with Crippen molar-refractivity contribution in [3.05, 3.63) is 80.5 Å². The van der Waals surface area contributed by atoms with Crippen LogP contribution in [0.25, 0.3) is 17.4 Å². The molecule has 1 saturated heterocycles. The van der Waals surface area contributed by atoms with Gasteiger partial charge < -0.3 is 9.52 Å². The number of rotatable bonds is 4. The Hall–Kier alpha value is -3.17. The molecule has 0 radical (unpaired) electrons. The molecule has 3 aromatic rings. The summed E-state index contributed by atoms with van der Waals surface area (Å²) in [6, 6.07) is 12.0. The number of benzene rings is 2. The van der Waals surface area contributed by atoms with Crippen molar-refractivity contribution >= 4 is 81.7 Å². The Bertz CT molecular complexity index is 1380. The van der Waals surface area contributed by atoms with Crippen LogP contribution in [0.1, 0.15) is 16.1 Å². The summed E-state index contributed by atoms with van der Waals surface area (Å²) in [5.74, 6) is -1.94. The number of carboxylic acid groups (broad SMARTS) is 1. The highest BCUT2D eigenvalue weighted by Crippen LogP contribution is 2.31. The van der Waals surface area contributed by atoms with Crippen LogP contribution in [0.3, 0.4) is 0 Å². The zero-order valence-electron chi connectivity index (χ0n) is 16.3. The largest absolute Gasteiger partial charge is 0.478 e. The van der Waals surface area contributed by atoms with Crippen molar-refractivity contribution in [2.75, 3.05) is 4.90 Å². The van der Waals surface area contributed by atoms with Gasteiger partial charge in [-0.15, -0.1) is 0 Å². The van der Waals surface area contributed by atoms with Gasteiger partial charge in [-0.05, 0) is 60.8 Å². The number of thiocarbonyl (C=S) groups is 1. The summed E-state index contributed by atoms with van der Waals surface area (Å²) >= 11 is 23.2. The normalized spacial score (nSPS) is 15.2. The van der Waals surface area contributed by atoms with E-state index in [1.54, 1.807) is 18.2 Å². The number of nitrogens with zero attached hydrogens (tertiary/aromatic N) is 1. The van der Waals surface area contributed by atoms with Crippen molar-refractivity contribution in [1.29, 1.82) is 0 Å². The van der Waals surface area contributed by atoms with E-state index in [0.717, 1.165) is 4.90 Å². The molecule has 1 aliphatic rings. The summed E-state index contributed by atoms with van der Waals surface area (Å²) in [5, 5.41) is 12.0. The fraction of sp³-hybridized carbons (Fsp3) is 0. The number of aromatic carboxylic acids is 1. The molecule has 0 aliphatic carbocycles. The lowest BCUT2D eigenvalue weighted by Gasteiger charge is -2.29. The molecule has 2 heterocycles. The molecule has 166 valence electrons. The molecule has 7 nitrogen and oxygen atoms in total. The number of hydrogen-bond donors (Lipinski definition) is 2. The second kappa shape index (κ2) is 8.99. The molecule has 2 N–H and O–H groups in total. The number of amides is 2. The van der Waals surface area contributed by atoms with E-state index in [1.165, 1.54) is 36.4 Å². The van der Waals surface area contributed by atoms with Crippen LogP contribution in [-0.2, 0) is 9.59 Å². The molecule has 11 heteroatoms. The van der Waals surface area contributed by atoms with Gasteiger partial charge in [0.25, 0.3) is 11.8 Å².